The van der Waals surface area contributed by atoms with Crippen LogP contribution in [-0.4, -0.2) is 71.1 Å². The Kier molecular flexibility index (Phi) is 8.57. The van der Waals surface area contributed by atoms with Gasteiger partial charge in [0, 0.05) is 46.0 Å². The Hall–Kier alpha value is -3.04. The molecule has 1 fully saturated rings. The highest BCUT2D eigenvalue weighted by atomic mass is 32.2. The molecule has 3 rings (SSSR count). The van der Waals surface area contributed by atoms with E-state index in [1.807, 2.05) is 11.8 Å². The number of anilines is 1. The number of amides is 1. The summed E-state index contributed by atoms with van der Waals surface area (Å²) in [6.45, 7) is 9.32. The molecule has 0 spiro atoms. The molecular formula is C25H33N3O5S. The zero-order valence-corrected chi connectivity index (χ0v) is 20.9. The normalized spacial score (nSPS) is 14.4. The van der Waals surface area contributed by atoms with E-state index in [0.29, 0.717) is 31.1 Å². The van der Waals surface area contributed by atoms with Crippen LogP contribution in [0.4, 0.5) is 5.69 Å². The van der Waals surface area contributed by atoms with Crippen LogP contribution in [0.2, 0.25) is 0 Å². The maximum atomic E-state index is 13.0. The third kappa shape index (κ3) is 6.30. The van der Waals surface area contributed by atoms with E-state index < -0.39 is 10.0 Å². The van der Waals surface area contributed by atoms with Crippen molar-refractivity contribution in [1.29, 1.82) is 0 Å². The lowest BCUT2D eigenvalue weighted by molar-refractivity contribution is -0.133. The average molecular weight is 488 g/mol. The molecule has 1 amide bonds. The second kappa shape index (κ2) is 11.4. The molecule has 0 saturated carbocycles. The minimum atomic E-state index is -3.71. The van der Waals surface area contributed by atoms with Crippen molar-refractivity contribution >= 4 is 21.6 Å². The lowest BCUT2D eigenvalue weighted by atomic mass is 10.2. The van der Waals surface area contributed by atoms with Gasteiger partial charge in [-0.2, -0.15) is 0 Å². The van der Waals surface area contributed by atoms with Crippen molar-refractivity contribution in [2.75, 3.05) is 51.2 Å². The average Bonchev–Trinajstić information content (AvgIpc) is 3.10. The largest absolute Gasteiger partial charge is 0.484 e. The van der Waals surface area contributed by atoms with Gasteiger partial charge in [-0.3, -0.25) is 9.10 Å². The molecule has 0 aliphatic carbocycles. The highest BCUT2D eigenvalue weighted by Gasteiger charge is 2.22. The van der Waals surface area contributed by atoms with Crippen molar-refractivity contribution in [1.82, 2.24) is 9.80 Å². The zero-order chi connectivity index (χ0) is 24.7. The molecule has 0 radical (unpaired) electrons. The van der Waals surface area contributed by atoms with E-state index in [1.54, 1.807) is 55.6 Å². The Morgan fingerprint density at radius 2 is 1.62 bits per heavy atom. The second-order valence-corrected chi connectivity index (χ2v) is 10.3. The van der Waals surface area contributed by atoms with Gasteiger partial charge in [0.05, 0.1) is 17.2 Å². The topological polar surface area (TPSA) is 79.4 Å². The number of ether oxygens (including phenoxy) is 2. The van der Waals surface area contributed by atoms with Crippen LogP contribution in [0, 0.1) is 0 Å². The number of benzene rings is 2. The standard InChI is InChI=1S/C25H33N3O5S/c1-20(2)27-14-5-15-28(17-16-27)25(29)19-33-23-10-8-22(9-11-23)26(3)34(30,31)24-12-6-21(7-13-24)18-32-4/h6-13H,1,5,14-19H2,2-4H3. The molecule has 34 heavy (non-hydrogen) atoms. The van der Waals surface area contributed by atoms with E-state index in [0.717, 1.165) is 30.8 Å². The maximum Gasteiger partial charge on any atom is 0.264 e. The molecule has 1 saturated heterocycles. The summed E-state index contributed by atoms with van der Waals surface area (Å²) >= 11 is 0. The number of carbonyl (C=O) groups is 1. The third-order valence-electron chi connectivity index (χ3n) is 5.84. The number of allylic oxidation sites excluding steroid dienone is 1. The Morgan fingerprint density at radius 3 is 2.24 bits per heavy atom. The number of carbonyl (C=O) groups excluding carboxylic acids is 1. The summed E-state index contributed by atoms with van der Waals surface area (Å²) in [5.74, 6) is 0.439. The van der Waals surface area contributed by atoms with Gasteiger partial charge in [0.2, 0.25) is 0 Å². The summed E-state index contributed by atoms with van der Waals surface area (Å²) < 4.78 is 37.9. The number of hydrogen-bond acceptors (Lipinski definition) is 6. The molecule has 0 aromatic heterocycles. The first-order valence-electron chi connectivity index (χ1n) is 11.2. The Labute approximate surface area is 202 Å². The molecule has 184 valence electrons. The van der Waals surface area contributed by atoms with Crippen LogP contribution in [-0.2, 0) is 26.2 Å². The lowest BCUT2D eigenvalue weighted by Gasteiger charge is -2.23. The van der Waals surface area contributed by atoms with Crippen molar-refractivity contribution in [2.24, 2.45) is 0 Å². The summed E-state index contributed by atoms with van der Waals surface area (Å²) in [7, 11) is -0.614. The van der Waals surface area contributed by atoms with E-state index in [4.69, 9.17) is 9.47 Å². The molecular weight excluding hydrogens is 454 g/mol. The molecule has 0 unspecified atom stereocenters. The van der Waals surface area contributed by atoms with Crippen LogP contribution >= 0.6 is 0 Å². The van der Waals surface area contributed by atoms with Crippen LogP contribution in [0.5, 0.6) is 5.75 Å². The smallest absolute Gasteiger partial charge is 0.264 e. The van der Waals surface area contributed by atoms with Gasteiger partial charge in [-0.25, -0.2) is 8.42 Å². The summed E-state index contributed by atoms with van der Waals surface area (Å²) in [4.78, 5) is 16.8. The van der Waals surface area contributed by atoms with E-state index in [-0.39, 0.29) is 17.4 Å². The minimum absolute atomic E-state index is 0.0611. The Bertz CT molecular complexity index is 1080. The van der Waals surface area contributed by atoms with Crippen LogP contribution in [0.3, 0.4) is 0 Å². The number of methoxy groups -OCH3 is 1. The Balaban J connectivity index is 1.58. The molecule has 1 aliphatic rings. The fraction of sp³-hybridized carbons (Fsp3) is 0.400. The fourth-order valence-corrected chi connectivity index (χ4v) is 4.95. The molecule has 0 bridgehead atoms. The predicted molar refractivity (Wildman–Crippen MR) is 132 cm³/mol. The molecule has 0 N–H and O–H groups in total. The highest BCUT2D eigenvalue weighted by Crippen LogP contribution is 2.25. The van der Waals surface area contributed by atoms with Gasteiger partial charge >= 0.3 is 0 Å². The predicted octanol–water partition coefficient (Wildman–Crippen LogP) is 3.10. The summed E-state index contributed by atoms with van der Waals surface area (Å²) in [5.41, 5.74) is 2.40. The lowest BCUT2D eigenvalue weighted by Crippen LogP contribution is -2.37. The third-order valence-corrected chi connectivity index (χ3v) is 7.64. The number of hydrogen-bond donors (Lipinski definition) is 0. The monoisotopic (exact) mass is 487 g/mol. The Morgan fingerprint density at radius 1 is 1.00 bits per heavy atom. The highest BCUT2D eigenvalue weighted by molar-refractivity contribution is 7.92. The van der Waals surface area contributed by atoms with E-state index in [9.17, 15) is 13.2 Å². The van der Waals surface area contributed by atoms with Crippen molar-refractivity contribution in [2.45, 2.75) is 24.8 Å². The van der Waals surface area contributed by atoms with Gasteiger partial charge < -0.3 is 19.3 Å². The van der Waals surface area contributed by atoms with Crippen LogP contribution < -0.4 is 9.04 Å². The number of rotatable bonds is 9. The summed E-state index contributed by atoms with van der Waals surface area (Å²) in [5, 5.41) is 0. The van der Waals surface area contributed by atoms with Gasteiger partial charge in [0.25, 0.3) is 15.9 Å². The first-order chi connectivity index (χ1) is 16.2. The zero-order valence-electron chi connectivity index (χ0n) is 20.1. The first kappa shape index (κ1) is 25.6. The fourth-order valence-electron chi connectivity index (χ4n) is 3.76. The molecule has 2 aromatic carbocycles. The van der Waals surface area contributed by atoms with Crippen molar-refractivity contribution < 1.29 is 22.7 Å². The maximum absolute atomic E-state index is 13.0. The molecule has 1 aliphatic heterocycles. The molecule has 2 aromatic rings. The minimum Gasteiger partial charge on any atom is -0.484 e. The molecule has 9 heteroatoms. The van der Waals surface area contributed by atoms with Crippen molar-refractivity contribution in [3.8, 4) is 5.75 Å². The van der Waals surface area contributed by atoms with Gasteiger partial charge in [-0.05, 0) is 55.3 Å². The van der Waals surface area contributed by atoms with Crippen molar-refractivity contribution in [3.05, 3.63) is 66.4 Å². The van der Waals surface area contributed by atoms with Gasteiger partial charge in [-0.15, -0.1) is 0 Å². The SMILES string of the molecule is C=C(C)N1CCCN(C(=O)COc2ccc(N(C)S(=O)(=O)c3ccc(COC)cc3)cc2)CC1. The van der Waals surface area contributed by atoms with E-state index in [1.165, 1.54) is 11.4 Å². The van der Waals surface area contributed by atoms with Crippen LogP contribution in [0.25, 0.3) is 0 Å². The molecule has 8 nitrogen and oxygen atoms in total. The van der Waals surface area contributed by atoms with Gasteiger partial charge in [0.1, 0.15) is 5.75 Å². The van der Waals surface area contributed by atoms with Gasteiger partial charge in [-0.1, -0.05) is 18.7 Å². The number of sulfonamides is 1. The summed E-state index contributed by atoms with van der Waals surface area (Å²) in [6.07, 6.45) is 0.892. The molecule has 1 heterocycles. The van der Waals surface area contributed by atoms with E-state index >= 15 is 0 Å². The number of nitrogens with zero attached hydrogens (tertiary/aromatic N) is 3. The first-order valence-corrected chi connectivity index (χ1v) is 12.6. The van der Waals surface area contributed by atoms with Gasteiger partial charge in [0.15, 0.2) is 6.61 Å². The summed E-state index contributed by atoms with van der Waals surface area (Å²) in [6, 6.07) is 13.3. The van der Waals surface area contributed by atoms with Crippen molar-refractivity contribution in [3.63, 3.8) is 0 Å². The van der Waals surface area contributed by atoms with Crippen LogP contribution in [0.1, 0.15) is 18.9 Å². The molecule has 0 atom stereocenters. The van der Waals surface area contributed by atoms with Crippen LogP contribution in [0.15, 0.2) is 65.7 Å². The quantitative estimate of drug-likeness (QED) is 0.541. The second-order valence-electron chi connectivity index (χ2n) is 8.29. The van der Waals surface area contributed by atoms with E-state index in [2.05, 4.69) is 11.5 Å².